The van der Waals surface area contributed by atoms with Gasteiger partial charge in [0.05, 0.1) is 12.8 Å². The number of hydrogen-bond donors (Lipinski definition) is 1. The summed E-state index contributed by atoms with van der Waals surface area (Å²) in [6.07, 6.45) is 0. The van der Waals surface area contributed by atoms with Crippen molar-refractivity contribution in [1.29, 1.82) is 0 Å². The van der Waals surface area contributed by atoms with E-state index in [0.717, 1.165) is 5.69 Å². The van der Waals surface area contributed by atoms with Gasteiger partial charge in [-0.15, -0.1) is 5.10 Å². The van der Waals surface area contributed by atoms with Gasteiger partial charge in [-0.25, -0.2) is 4.68 Å². The van der Waals surface area contributed by atoms with Crippen molar-refractivity contribution in [3.8, 4) is 11.4 Å². The van der Waals surface area contributed by atoms with E-state index in [1.54, 1.807) is 43.0 Å². The predicted molar refractivity (Wildman–Crippen MR) is 92.1 cm³/mol. The number of hydrogen-bond acceptors (Lipinski definition) is 4. The average molecular weight is 343 g/mol. The molecule has 0 saturated carbocycles. The lowest BCUT2D eigenvalue weighted by atomic mass is 10.2. The molecule has 1 heterocycles. The quantitative estimate of drug-likeness (QED) is 0.788. The molecule has 3 rings (SSSR count). The SMILES string of the molecule is COc1ccccc1-n1nnc(C(=O)Nc2ccc(Cl)cc2)c1C. The Morgan fingerprint density at radius 2 is 1.88 bits per heavy atom. The zero-order chi connectivity index (χ0) is 17.1. The van der Waals surface area contributed by atoms with Crippen LogP contribution in [0, 0.1) is 6.92 Å². The Kier molecular flexibility index (Phi) is 4.48. The Balaban J connectivity index is 1.89. The molecule has 0 atom stereocenters. The normalized spacial score (nSPS) is 10.5. The maximum Gasteiger partial charge on any atom is 0.278 e. The Labute approximate surface area is 144 Å². The van der Waals surface area contributed by atoms with Gasteiger partial charge < -0.3 is 10.1 Å². The minimum absolute atomic E-state index is 0.246. The predicted octanol–water partition coefficient (Wildman–Crippen LogP) is 3.49. The second-order valence-electron chi connectivity index (χ2n) is 5.07. The van der Waals surface area contributed by atoms with Gasteiger partial charge in [0.15, 0.2) is 5.69 Å². The van der Waals surface area contributed by atoms with E-state index in [1.165, 1.54) is 0 Å². The Morgan fingerprint density at radius 3 is 2.58 bits per heavy atom. The van der Waals surface area contributed by atoms with Gasteiger partial charge in [0, 0.05) is 10.7 Å². The molecule has 0 saturated heterocycles. The van der Waals surface area contributed by atoms with E-state index in [1.807, 2.05) is 24.3 Å². The third-order valence-electron chi connectivity index (χ3n) is 3.53. The first kappa shape index (κ1) is 16.0. The van der Waals surface area contributed by atoms with Crippen LogP contribution in [0.15, 0.2) is 48.5 Å². The van der Waals surface area contributed by atoms with Crippen molar-refractivity contribution in [3.05, 3.63) is 64.9 Å². The number of halogens is 1. The van der Waals surface area contributed by atoms with E-state index in [0.29, 0.717) is 22.2 Å². The first-order valence-electron chi connectivity index (χ1n) is 7.23. The summed E-state index contributed by atoms with van der Waals surface area (Å²) in [5, 5.41) is 11.5. The molecule has 0 aliphatic carbocycles. The van der Waals surface area contributed by atoms with Crippen molar-refractivity contribution in [2.45, 2.75) is 6.92 Å². The second kappa shape index (κ2) is 6.72. The van der Waals surface area contributed by atoms with Gasteiger partial charge in [-0.05, 0) is 43.3 Å². The molecule has 1 N–H and O–H groups in total. The average Bonchev–Trinajstić information content (AvgIpc) is 2.98. The fourth-order valence-electron chi connectivity index (χ4n) is 2.30. The number of anilines is 1. The first-order chi connectivity index (χ1) is 11.6. The smallest absolute Gasteiger partial charge is 0.278 e. The maximum absolute atomic E-state index is 12.4. The van der Waals surface area contributed by atoms with Crippen LogP contribution in [0.1, 0.15) is 16.2 Å². The highest BCUT2D eigenvalue weighted by Gasteiger charge is 2.19. The van der Waals surface area contributed by atoms with Crippen molar-refractivity contribution in [2.24, 2.45) is 0 Å². The third-order valence-corrected chi connectivity index (χ3v) is 3.78. The summed E-state index contributed by atoms with van der Waals surface area (Å²) in [7, 11) is 1.58. The second-order valence-corrected chi connectivity index (χ2v) is 5.50. The van der Waals surface area contributed by atoms with Gasteiger partial charge in [-0.3, -0.25) is 4.79 Å². The summed E-state index contributed by atoms with van der Waals surface area (Å²) in [5.74, 6) is 0.311. The van der Waals surface area contributed by atoms with Gasteiger partial charge in [0.1, 0.15) is 11.4 Å². The van der Waals surface area contributed by atoms with Gasteiger partial charge in [-0.2, -0.15) is 0 Å². The Morgan fingerprint density at radius 1 is 1.17 bits per heavy atom. The summed E-state index contributed by atoms with van der Waals surface area (Å²) in [6, 6.07) is 14.3. The molecule has 24 heavy (non-hydrogen) atoms. The minimum atomic E-state index is -0.337. The van der Waals surface area contributed by atoms with Crippen LogP contribution < -0.4 is 10.1 Å². The van der Waals surface area contributed by atoms with E-state index in [9.17, 15) is 4.79 Å². The number of aromatic nitrogens is 3. The van der Waals surface area contributed by atoms with E-state index in [2.05, 4.69) is 15.6 Å². The van der Waals surface area contributed by atoms with Crippen LogP contribution in [0.25, 0.3) is 5.69 Å². The number of carbonyl (C=O) groups is 1. The summed E-state index contributed by atoms with van der Waals surface area (Å²) in [6.45, 7) is 1.78. The van der Waals surface area contributed by atoms with Gasteiger partial charge in [0.2, 0.25) is 0 Å². The molecule has 6 nitrogen and oxygen atoms in total. The molecule has 7 heteroatoms. The van der Waals surface area contributed by atoms with Crippen LogP contribution in [0.5, 0.6) is 5.75 Å². The molecule has 0 aliphatic heterocycles. The minimum Gasteiger partial charge on any atom is -0.494 e. The monoisotopic (exact) mass is 342 g/mol. The van der Waals surface area contributed by atoms with E-state index < -0.39 is 0 Å². The summed E-state index contributed by atoms with van der Waals surface area (Å²) in [4.78, 5) is 12.4. The molecular formula is C17H15ClN4O2. The summed E-state index contributed by atoms with van der Waals surface area (Å²) < 4.78 is 6.91. The zero-order valence-electron chi connectivity index (χ0n) is 13.2. The van der Waals surface area contributed by atoms with Crippen molar-refractivity contribution in [3.63, 3.8) is 0 Å². The number of rotatable bonds is 4. The lowest BCUT2D eigenvalue weighted by molar-refractivity contribution is 0.102. The van der Waals surface area contributed by atoms with Crippen LogP contribution >= 0.6 is 11.6 Å². The fourth-order valence-corrected chi connectivity index (χ4v) is 2.42. The Hall–Kier alpha value is -2.86. The molecule has 3 aromatic rings. The van der Waals surface area contributed by atoms with Crippen molar-refractivity contribution in [2.75, 3.05) is 12.4 Å². The lowest BCUT2D eigenvalue weighted by Crippen LogP contribution is -2.14. The van der Waals surface area contributed by atoms with Crippen LogP contribution in [-0.4, -0.2) is 28.0 Å². The maximum atomic E-state index is 12.4. The Bertz CT molecular complexity index is 875. The van der Waals surface area contributed by atoms with E-state index >= 15 is 0 Å². The van der Waals surface area contributed by atoms with Gasteiger partial charge in [-0.1, -0.05) is 28.9 Å². The molecule has 122 valence electrons. The number of benzene rings is 2. The number of ether oxygens (including phenoxy) is 1. The van der Waals surface area contributed by atoms with Crippen LogP contribution in [0.2, 0.25) is 5.02 Å². The summed E-state index contributed by atoms with van der Waals surface area (Å²) in [5.41, 5.74) is 2.22. The fraction of sp³-hybridized carbons (Fsp3) is 0.118. The number of para-hydroxylation sites is 2. The topological polar surface area (TPSA) is 69.0 Å². The number of methoxy groups -OCH3 is 1. The third kappa shape index (κ3) is 3.09. The van der Waals surface area contributed by atoms with Gasteiger partial charge >= 0.3 is 0 Å². The number of nitrogens with one attached hydrogen (secondary N) is 1. The van der Waals surface area contributed by atoms with E-state index in [4.69, 9.17) is 16.3 Å². The van der Waals surface area contributed by atoms with Crippen molar-refractivity contribution in [1.82, 2.24) is 15.0 Å². The molecule has 0 unspecified atom stereocenters. The molecule has 1 amide bonds. The highest BCUT2D eigenvalue weighted by atomic mass is 35.5. The molecule has 0 bridgehead atoms. The largest absolute Gasteiger partial charge is 0.494 e. The van der Waals surface area contributed by atoms with Crippen LogP contribution in [-0.2, 0) is 0 Å². The number of amides is 1. The van der Waals surface area contributed by atoms with Crippen LogP contribution in [0.4, 0.5) is 5.69 Å². The highest BCUT2D eigenvalue weighted by Crippen LogP contribution is 2.23. The van der Waals surface area contributed by atoms with Crippen molar-refractivity contribution >= 4 is 23.2 Å². The standard InChI is InChI=1S/C17H15ClN4O2/c1-11-16(17(23)19-13-9-7-12(18)8-10-13)20-21-22(11)14-5-3-4-6-15(14)24-2/h3-10H,1-2H3,(H,19,23). The molecule has 0 spiro atoms. The first-order valence-corrected chi connectivity index (χ1v) is 7.60. The molecule has 0 aliphatic rings. The van der Waals surface area contributed by atoms with E-state index in [-0.39, 0.29) is 11.6 Å². The van der Waals surface area contributed by atoms with Crippen molar-refractivity contribution < 1.29 is 9.53 Å². The molecule has 0 radical (unpaired) electrons. The lowest BCUT2D eigenvalue weighted by Gasteiger charge is -2.09. The molecular weight excluding hydrogens is 328 g/mol. The molecule has 1 aromatic heterocycles. The number of nitrogens with zero attached hydrogens (tertiary/aromatic N) is 3. The highest BCUT2D eigenvalue weighted by molar-refractivity contribution is 6.30. The molecule has 2 aromatic carbocycles. The summed E-state index contributed by atoms with van der Waals surface area (Å²) >= 11 is 5.84. The molecule has 0 fully saturated rings. The van der Waals surface area contributed by atoms with Gasteiger partial charge in [0.25, 0.3) is 5.91 Å². The van der Waals surface area contributed by atoms with Crippen LogP contribution in [0.3, 0.4) is 0 Å². The number of carbonyl (C=O) groups excluding carboxylic acids is 1. The zero-order valence-corrected chi connectivity index (χ0v) is 13.9.